The summed E-state index contributed by atoms with van der Waals surface area (Å²) in [5, 5.41) is 40.2. The number of aliphatic hydroxyl groups is 2. The number of aromatic nitrogens is 5. The summed E-state index contributed by atoms with van der Waals surface area (Å²) >= 11 is 0. The standard InChI is InChI=1S/C37H41FN6O3/c1-35-17-24-19-40-44(28-11-9-26(38)10-12-28)31(24)16-25(35)8-13-29-30-14-15-37(47,36(30,2)18-32(45)33(29)35)34(46)39-20-27-22-43(42-41-27)21-23-6-4-3-5-7-23/h3-7,9-12,16,19,22,29-30,32-33,45,47H,8,13-15,17-18,20-21H2,1-2H3,(H,39,46)/t29?,30?,32?,33?,35?,36?,37-/m0/s1. The lowest BCUT2D eigenvalue weighted by molar-refractivity contribution is -0.181. The summed E-state index contributed by atoms with van der Waals surface area (Å²) in [5.74, 6) is -0.381. The van der Waals surface area contributed by atoms with Gasteiger partial charge in [-0.1, -0.05) is 55.0 Å². The molecular formula is C37H41FN6O3. The molecule has 0 aliphatic heterocycles. The molecule has 4 aliphatic carbocycles. The highest BCUT2D eigenvalue weighted by Crippen LogP contribution is 2.67. The minimum atomic E-state index is -1.59. The first-order valence-electron chi connectivity index (χ1n) is 16.7. The molecule has 3 N–H and O–H groups in total. The Bertz CT molecular complexity index is 1850. The Hall–Kier alpha value is -4.15. The Kier molecular flexibility index (Phi) is 7.04. The molecule has 2 aromatic carbocycles. The maximum Gasteiger partial charge on any atom is 0.252 e. The van der Waals surface area contributed by atoms with E-state index in [1.165, 1.54) is 17.7 Å². The number of fused-ring (bicyclic) bond motifs is 6. The van der Waals surface area contributed by atoms with Crippen molar-refractivity contribution < 1.29 is 19.4 Å². The van der Waals surface area contributed by atoms with Crippen molar-refractivity contribution in [3.63, 3.8) is 0 Å². The first kappa shape index (κ1) is 30.2. The Morgan fingerprint density at radius 3 is 2.68 bits per heavy atom. The predicted octanol–water partition coefficient (Wildman–Crippen LogP) is 4.85. The smallest absolute Gasteiger partial charge is 0.252 e. The van der Waals surface area contributed by atoms with Crippen LogP contribution in [0.1, 0.15) is 68.5 Å². The van der Waals surface area contributed by atoms with Crippen LogP contribution in [0.2, 0.25) is 0 Å². The predicted molar refractivity (Wildman–Crippen MR) is 173 cm³/mol. The molecule has 0 radical (unpaired) electrons. The van der Waals surface area contributed by atoms with Crippen LogP contribution in [0.5, 0.6) is 0 Å². The topological polar surface area (TPSA) is 118 Å². The fourth-order valence-corrected chi connectivity index (χ4v) is 9.93. The van der Waals surface area contributed by atoms with E-state index in [0.717, 1.165) is 48.2 Å². The second kappa shape index (κ2) is 11.0. The Labute approximate surface area is 273 Å². The molecule has 8 rings (SSSR count). The molecule has 47 heavy (non-hydrogen) atoms. The molecule has 244 valence electrons. The van der Waals surface area contributed by atoms with Crippen molar-refractivity contribution in [1.29, 1.82) is 0 Å². The van der Waals surface area contributed by atoms with Gasteiger partial charge in [-0.3, -0.25) is 4.79 Å². The van der Waals surface area contributed by atoms with Crippen LogP contribution >= 0.6 is 0 Å². The quantitative estimate of drug-likeness (QED) is 0.279. The number of hydrogen-bond donors (Lipinski definition) is 3. The number of rotatable bonds is 6. The van der Waals surface area contributed by atoms with Gasteiger partial charge < -0.3 is 15.5 Å². The van der Waals surface area contributed by atoms with Crippen LogP contribution in [-0.4, -0.2) is 52.6 Å². The van der Waals surface area contributed by atoms with E-state index in [1.54, 1.807) is 16.8 Å². The highest BCUT2D eigenvalue weighted by molar-refractivity contribution is 5.86. The third-order valence-corrected chi connectivity index (χ3v) is 12.2. The minimum Gasteiger partial charge on any atom is -0.393 e. The number of hydrogen-bond acceptors (Lipinski definition) is 6. The second-order valence-electron chi connectivity index (χ2n) is 14.7. The highest BCUT2D eigenvalue weighted by Gasteiger charge is 2.68. The molecule has 0 bridgehead atoms. The van der Waals surface area contributed by atoms with Crippen molar-refractivity contribution >= 4 is 12.0 Å². The Balaban J connectivity index is 0.996. The highest BCUT2D eigenvalue weighted by atomic mass is 19.1. The zero-order valence-corrected chi connectivity index (χ0v) is 26.8. The maximum atomic E-state index is 13.8. The van der Waals surface area contributed by atoms with Crippen LogP contribution in [-0.2, 0) is 24.3 Å². The van der Waals surface area contributed by atoms with E-state index in [0.29, 0.717) is 25.1 Å². The molecular weight excluding hydrogens is 595 g/mol. The molecule has 0 saturated heterocycles. The van der Waals surface area contributed by atoms with Gasteiger partial charge in [-0.25, -0.2) is 13.8 Å². The summed E-state index contributed by atoms with van der Waals surface area (Å²) in [6, 6.07) is 16.4. The van der Waals surface area contributed by atoms with E-state index in [9.17, 15) is 19.4 Å². The summed E-state index contributed by atoms with van der Waals surface area (Å²) in [7, 11) is 0. The molecule has 3 saturated carbocycles. The molecule has 9 nitrogen and oxygen atoms in total. The maximum absolute atomic E-state index is 13.8. The van der Waals surface area contributed by atoms with E-state index in [1.807, 2.05) is 54.3 Å². The number of allylic oxidation sites excluding steroid dienone is 1. The van der Waals surface area contributed by atoms with Crippen molar-refractivity contribution in [3.05, 3.63) is 101 Å². The number of amides is 1. The molecule has 4 aliphatic rings. The molecule has 7 atom stereocenters. The minimum absolute atomic E-state index is 0.00737. The van der Waals surface area contributed by atoms with Gasteiger partial charge in [0.1, 0.15) is 17.1 Å². The van der Waals surface area contributed by atoms with Gasteiger partial charge in [-0.2, -0.15) is 5.10 Å². The number of nitrogens with one attached hydrogen (secondary N) is 1. The van der Waals surface area contributed by atoms with Crippen molar-refractivity contribution in [2.24, 2.45) is 28.6 Å². The van der Waals surface area contributed by atoms with Crippen molar-refractivity contribution in [2.45, 2.75) is 77.2 Å². The van der Waals surface area contributed by atoms with E-state index >= 15 is 0 Å². The lowest BCUT2D eigenvalue weighted by Crippen LogP contribution is -2.63. The fraction of sp³-hybridized carbons (Fsp3) is 0.459. The summed E-state index contributed by atoms with van der Waals surface area (Å²) in [6.07, 6.45) is 9.29. The first-order chi connectivity index (χ1) is 22.6. The zero-order chi connectivity index (χ0) is 32.6. The van der Waals surface area contributed by atoms with Crippen molar-refractivity contribution in [2.75, 3.05) is 0 Å². The van der Waals surface area contributed by atoms with E-state index < -0.39 is 23.0 Å². The number of halogens is 1. The van der Waals surface area contributed by atoms with Crippen LogP contribution in [0.3, 0.4) is 0 Å². The average Bonchev–Trinajstić information content (AvgIpc) is 3.75. The van der Waals surface area contributed by atoms with Crippen LogP contribution in [0.25, 0.3) is 11.8 Å². The summed E-state index contributed by atoms with van der Waals surface area (Å²) in [6.45, 7) is 5.04. The average molecular weight is 637 g/mol. The van der Waals surface area contributed by atoms with Crippen LogP contribution in [0.4, 0.5) is 4.39 Å². The van der Waals surface area contributed by atoms with Crippen molar-refractivity contribution in [1.82, 2.24) is 30.1 Å². The normalized spacial score (nSPS) is 32.5. The van der Waals surface area contributed by atoms with E-state index in [4.69, 9.17) is 0 Å². The number of aliphatic hydroxyl groups excluding tert-OH is 1. The molecule has 4 aromatic rings. The third kappa shape index (κ3) is 4.70. The second-order valence-corrected chi connectivity index (χ2v) is 14.7. The van der Waals surface area contributed by atoms with E-state index in [2.05, 4.69) is 33.7 Å². The Morgan fingerprint density at radius 1 is 1.11 bits per heavy atom. The van der Waals surface area contributed by atoms with Gasteiger partial charge in [-0.05, 0) is 103 Å². The van der Waals surface area contributed by atoms with E-state index in [-0.39, 0.29) is 35.5 Å². The molecule has 6 unspecified atom stereocenters. The monoisotopic (exact) mass is 636 g/mol. The first-order valence-corrected chi connectivity index (χ1v) is 16.7. The van der Waals surface area contributed by atoms with Crippen molar-refractivity contribution in [3.8, 4) is 5.69 Å². The summed E-state index contributed by atoms with van der Waals surface area (Å²) < 4.78 is 17.2. The van der Waals surface area contributed by atoms with Gasteiger partial charge in [0.05, 0.1) is 43.0 Å². The lowest BCUT2D eigenvalue weighted by Gasteiger charge is -2.60. The molecule has 2 heterocycles. The third-order valence-electron chi connectivity index (χ3n) is 12.2. The van der Waals surface area contributed by atoms with Gasteiger partial charge in [0.25, 0.3) is 5.91 Å². The number of nitrogens with zero attached hydrogens (tertiary/aromatic N) is 5. The van der Waals surface area contributed by atoms with Gasteiger partial charge in [-0.15, -0.1) is 5.10 Å². The number of carbonyl (C=O) groups is 1. The largest absolute Gasteiger partial charge is 0.393 e. The van der Waals surface area contributed by atoms with Crippen LogP contribution < -0.4 is 5.32 Å². The molecule has 10 heteroatoms. The summed E-state index contributed by atoms with van der Waals surface area (Å²) in [4.78, 5) is 13.8. The summed E-state index contributed by atoms with van der Waals surface area (Å²) in [5.41, 5.74) is 3.38. The van der Waals surface area contributed by atoms with Gasteiger partial charge in [0.15, 0.2) is 0 Å². The fourth-order valence-electron chi connectivity index (χ4n) is 9.93. The SMILES string of the molecule is CC12Cc3cnn(-c4ccc(F)cc4)c3C=C1CCC1C2C(O)CC2(C)C1CC[C@]2(O)C(=O)NCc1cn(Cc2ccccc2)nn1. The van der Waals surface area contributed by atoms with Gasteiger partial charge in [0.2, 0.25) is 0 Å². The lowest BCUT2D eigenvalue weighted by atomic mass is 9.45. The molecule has 0 spiro atoms. The Morgan fingerprint density at radius 2 is 1.89 bits per heavy atom. The molecule has 3 fully saturated rings. The zero-order valence-electron chi connectivity index (χ0n) is 26.8. The van der Waals surface area contributed by atoms with Gasteiger partial charge in [0, 0.05) is 5.41 Å². The van der Waals surface area contributed by atoms with Crippen LogP contribution in [0, 0.1) is 34.4 Å². The van der Waals surface area contributed by atoms with Gasteiger partial charge >= 0.3 is 0 Å². The number of carbonyl (C=O) groups excluding carboxylic acids is 1. The van der Waals surface area contributed by atoms with Crippen LogP contribution in [0.15, 0.2) is 72.6 Å². The molecule has 1 amide bonds. The molecule has 2 aromatic heterocycles. The number of benzene rings is 2.